The van der Waals surface area contributed by atoms with Gasteiger partial charge in [0.2, 0.25) is 0 Å². The summed E-state index contributed by atoms with van der Waals surface area (Å²) in [6, 6.07) is 4.56. The van der Waals surface area contributed by atoms with Crippen molar-refractivity contribution in [3.8, 4) is 11.5 Å². The molecular weight excluding hydrogens is 358 g/mol. The first-order valence-corrected chi connectivity index (χ1v) is 8.93. The predicted molar refractivity (Wildman–Crippen MR) is 98.3 cm³/mol. The van der Waals surface area contributed by atoms with Crippen LogP contribution in [0, 0.1) is 5.92 Å². The number of ether oxygens (including phenoxy) is 3. The van der Waals surface area contributed by atoms with E-state index in [0.29, 0.717) is 35.3 Å². The molecule has 0 radical (unpaired) electrons. The summed E-state index contributed by atoms with van der Waals surface area (Å²) < 4.78 is 16.1. The van der Waals surface area contributed by atoms with Gasteiger partial charge in [-0.15, -0.1) is 0 Å². The first-order valence-electron chi connectivity index (χ1n) is 8.55. The summed E-state index contributed by atoms with van der Waals surface area (Å²) >= 11 is 6.29. The molecule has 7 heteroatoms. The number of methoxy groups -OCH3 is 1. The number of rotatable bonds is 8. The Balaban J connectivity index is 2.15. The quantitative estimate of drug-likeness (QED) is 0.645. The Morgan fingerprint density at radius 3 is 2.62 bits per heavy atom. The number of carbonyl (C=O) groups is 2. The van der Waals surface area contributed by atoms with Gasteiger partial charge in [0, 0.05) is 6.08 Å². The van der Waals surface area contributed by atoms with E-state index in [1.165, 1.54) is 18.1 Å². The molecule has 26 heavy (non-hydrogen) atoms. The lowest BCUT2D eigenvalue weighted by Gasteiger charge is -2.27. The lowest BCUT2D eigenvalue weighted by Crippen LogP contribution is -2.44. The van der Waals surface area contributed by atoms with E-state index in [9.17, 15) is 9.59 Å². The van der Waals surface area contributed by atoms with Crippen molar-refractivity contribution in [2.45, 2.75) is 33.2 Å². The smallest absolute Gasteiger partial charge is 0.328 e. The van der Waals surface area contributed by atoms with Gasteiger partial charge in [-0.25, -0.2) is 4.79 Å². The van der Waals surface area contributed by atoms with Gasteiger partial charge in [-0.1, -0.05) is 31.5 Å². The van der Waals surface area contributed by atoms with Crippen LogP contribution in [-0.4, -0.2) is 43.1 Å². The number of benzene rings is 1. The summed E-state index contributed by atoms with van der Waals surface area (Å²) in [5.41, 5.74) is 0. The van der Waals surface area contributed by atoms with Crippen molar-refractivity contribution in [2.75, 3.05) is 20.3 Å². The Morgan fingerprint density at radius 1 is 1.31 bits per heavy atom. The molecule has 1 heterocycles. The monoisotopic (exact) mass is 381 g/mol. The van der Waals surface area contributed by atoms with E-state index in [1.54, 1.807) is 18.2 Å². The fourth-order valence-electron chi connectivity index (χ4n) is 2.75. The van der Waals surface area contributed by atoms with Gasteiger partial charge in [0.15, 0.2) is 0 Å². The highest BCUT2D eigenvalue weighted by Gasteiger charge is 2.35. The molecular formula is C19H24ClNO5. The lowest BCUT2D eigenvalue weighted by atomic mass is 10.0. The van der Waals surface area contributed by atoms with Crippen molar-refractivity contribution < 1.29 is 23.8 Å². The van der Waals surface area contributed by atoms with E-state index in [4.69, 9.17) is 25.8 Å². The zero-order valence-corrected chi connectivity index (χ0v) is 16.2. The second-order valence-corrected chi connectivity index (χ2v) is 6.73. The van der Waals surface area contributed by atoms with E-state index < -0.39 is 12.0 Å². The molecule has 1 unspecified atom stereocenters. The van der Waals surface area contributed by atoms with Crippen LogP contribution in [0.15, 0.2) is 30.0 Å². The van der Waals surface area contributed by atoms with Crippen LogP contribution in [0.5, 0.6) is 11.5 Å². The summed E-state index contributed by atoms with van der Waals surface area (Å²) in [6.45, 7) is 6.50. The van der Waals surface area contributed by atoms with Crippen LogP contribution < -0.4 is 9.47 Å². The van der Waals surface area contributed by atoms with E-state index in [0.717, 1.165) is 0 Å². The number of hydrogen-bond acceptors (Lipinski definition) is 5. The number of esters is 1. The Labute approximate surface area is 158 Å². The molecule has 0 saturated carbocycles. The maximum absolute atomic E-state index is 12.4. The molecule has 0 spiro atoms. The van der Waals surface area contributed by atoms with Crippen molar-refractivity contribution in [3.63, 3.8) is 0 Å². The highest BCUT2D eigenvalue weighted by atomic mass is 35.5. The van der Waals surface area contributed by atoms with Gasteiger partial charge < -0.3 is 19.1 Å². The molecule has 0 fully saturated rings. The zero-order valence-electron chi connectivity index (χ0n) is 15.5. The van der Waals surface area contributed by atoms with Crippen molar-refractivity contribution in [3.05, 3.63) is 35.1 Å². The molecule has 0 saturated heterocycles. The molecule has 0 aliphatic carbocycles. The number of halogens is 1. The Morgan fingerprint density at radius 2 is 2.00 bits per heavy atom. The Hall–Kier alpha value is -2.21. The molecule has 142 valence electrons. The van der Waals surface area contributed by atoms with E-state index in [1.807, 2.05) is 20.8 Å². The maximum atomic E-state index is 12.4. The van der Waals surface area contributed by atoms with Gasteiger partial charge in [-0.2, -0.15) is 0 Å². The van der Waals surface area contributed by atoms with Crippen LogP contribution in [0.25, 0.3) is 0 Å². The van der Waals surface area contributed by atoms with Gasteiger partial charge in [-0.05, 0) is 31.4 Å². The topological polar surface area (TPSA) is 65.1 Å². The van der Waals surface area contributed by atoms with Crippen LogP contribution in [0.1, 0.15) is 27.2 Å². The third-order valence-electron chi connectivity index (χ3n) is 3.91. The van der Waals surface area contributed by atoms with E-state index >= 15 is 0 Å². The molecule has 1 aliphatic heterocycles. The SMILES string of the molecule is CCOc1cccc(OC2=CC(=O)N(C(CC(C)C)C(=O)OC)C2)c1Cl. The molecule has 0 bridgehead atoms. The second-order valence-electron chi connectivity index (χ2n) is 6.35. The average molecular weight is 382 g/mol. The molecule has 1 atom stereocenters. The minimum atomic E-state index is -0.643. The number of hydrogen-bond donors (Lipinski definition) is 0. The Bertz CT molecular complexity index is 701. The normalized spacial score (nSPS) is 15.1. The number of nitrogens with zero attached hydrogens (tertiary/aromatic N) is 1. The van der Waals surface area contributed by atoms with Crippen molar-refractivity contribution in [1.82, 2.24) is 4.90 Å². The predicted octanol–water partition coefficient (Wildman–Crippen LogP) is 3.43. The summed E-state index contributed by atoms with van der Waals surface area (Å²) in [5, 5.41) is 0.341. The van der Waals surface area contributed by atoms with E-state index in [2.05, 4.69) is 0 Å². The van der Waals surface area contributed by atoms with Gasteiger partial charge in [0.25, 0.3) is 5.91 Å². The molecule has 0 aromatic heterocycles. The van der Waals surface area contributed by atoms with Gasteiger partial charge in [0.1, 0.15) is 28.3 Å². The molecule has 1 aliphatic rings. The fourth-order valence-corrected chi connectivity index (χ4v) is 2.97. The summed E-state index contributed by atoms with van der Waals surface area (Å²) in [6.07, 6.45) is 1.89. The average Bonchev–Trinajstić information content (AvgIpc) is 2.95. The Kier molecular flexibility index (Phi) is 6.91. The summed E-state index contributed by atoms with van der Waals surface area (Å²) in [4.78, 5) is 25.9. The molecule has 2 rings (SSSR count). The van der Waals surface area contributed by atoms with Crippen LogP contribution in [0.3, 0.4) is 0 Å². The highest BCUT2D eigenvalue weighted by molar-refractivity contribution is 6.33. The second kappa shape index (κ2) is 8.94. The van der Waals surface area contributed by atoms with Crippen molar-refractivity contribution >= 4 is 23.5 Å². The summed E-state index contributed by atoms with van der Waals surface area (Å²) in [5.74, 6) is 0.848. The minimum absolute atomic E-state index is 0.181. The molecule has 1 aromatic rings. The summed E-state index contributed by atoms with van der Waals surface area (Å²) in [7, 11) is 1.32. The zero-order chi connectivity index (χ0) is 19.3. The molecule has 1 aromatic carbocycles. The fraction of sp³-hybridized carbons (Fsp3) is 0.474. The lowest BCUT2D eigenvalue weighted by molar-refractivity contribution is -0.151. The van der Waals surface area contributed by atoms with Crippen molar-refractivity contribution in [2.24, 2.45) is 5.92 Å². The van der Waals surface area contributed by atoms with Gasteiger partial charge >= 0.3 is 5.97 Å². The standard InChI is InChI=1S/C19H24ClNO5/c1-5-25-15-7-6-8-16(18(15)20)26-13-10-17(22)21(11-13)14(9-12(2)3)19(23)24-4/h6-8,10,12,14H,5,9,11H2,1-4H3. The first kappa shape index (κ1) is 20.1. The van der Waals surface area contributed by atoms with E-state index in [-0.39, 0.29) is 18.4 Å². The number of amides is 1. The van der Waals surface area contributed by atoms with Gasteiger partial charge in [0.05, 0.1) is 20.3 Å². The molecule has 1 amide bonds. The third kappa shape index (κ3) is 4.69. The molecule has 0 N–H and O–H groups in total. The first-order chi connectivity index (χ1) is 12.4. The van der Waals surface area contributed by atoms with Crippen molar-refractivity contribution in [1.29, 1.82) is 0 Å². The molecule has 6 nitrogen and oxygen atoms in total. The number of carbonyl (C=O) groups excluding carboxylic acids is 2. The van der Waals surface area contributed by atoms with Crippen LogP contribution in [0.2, 0.25) is 5.02 Å². The van der Waals surface area contributed by atoms with Gasteiger partial charge in [-0.3, -0.25) is 4.79 Å². The maximum Gasteiger partial charge on any atom is 0.328 e. The van der Waals surface area contributed by atoms with Crippen LogP contribution >= 0.6 is 11.6 Å². The van der Waals surface area contributed by atoms with Crippen LogP contribution in [-0.2, 0) is 14.3 Å². The largest absolute Gasteiger partial charge is 0.492 e. The van der Waals surface area contributed by atoms with Crippen LogP contribution in [0.4, 0.5) is 0 Å². The highest BCUT2D eigenvalue weighted by Crippen LogP contribution is 2.35. The third-order valence-corrected chi connectivity index (χ3v) is 4.28. The minimum Gasteiger partial charge on any atom is -0.492 e.